The van der Waals surface area contributed by atoms with Crippen LogP contribution in [0, 0.1) is 18.8 Å². The number of rotatable bonds is 10. The predicted octanol–water partition coefficient (Wildman–Crippen LogP) is 4.83. The summed E-state index contributed by atoms with van der Waals surface area (Å²) in [5, 5.41) is 3.35. The number of oxazole rings is 1. The fourth-order valence-electron chi connectivity index (χ4n) is 6.13. The van der Waals surface area contributed by atoms with Crippen LogP contribution in [0.5, 0.6) is 0 Å². The molecule has 3 amide bonds. The fraction of sp³-hybridized carbons (Fsp3) is 0.714. The van der Waals surface area contributed by atoms with E-state index in [1.54, 1.807) is 34.9 Å². The predicted molar refractivity (Wildman–Crippen MR) is 182 cm³/mol. The molecule has 13 heteroatoms. The molecule has 0 spiro atoms. The van der Waals surface area contributed by atoms with Gasteiger partial charge >= 0.3 is 6.09 Å². The molecule has 2 aromatic rings. The first kappa shape index (κ1) is 37.1. The van der Waals surface area contributed by atoms with Crippen LogP contribution < -0.4 is 5.32 Å². The van der Waals surface area contributed by atoms with Crippen molar-refractivity contribution in [2.45, 2.75) is 105 Å². The van der Waals surface area contributed by atoms with E-state index >= 15 is 0 Å². The largest absolute Gasteiger partial charge is 0.444 e. The second-order valence-corrected chi connectivity index (χ2v) is 15.4. The molecule has 0 saturated carbocycles. The second kappa shape index (κ2) is 15.2. The number of hydrogen-bond donors (Lipinski definition) is 1. The van der Waals surface area contributed by atoms with Gasteiger partial charge in [-0.05, 0) is 39.5 Å². The SMILES string of the molecule is COCCCNc1nc(C(C)(C)C)ncc1C(=O)N(CC(C)C)[C@H]1C[C@@H](C(=O)N2CCc3nc(C)oc3C2)CN(C(=O)OC(C)(C)C)C1. The molecule has 0 unspecified atom stereocenters. The maximum absolute atomic E-state index is 14.6. The van der Waals surface area contributed by atoms with Gasteiger partial charge in [-0.25, -0.2) is 19.7 Å². The monoisotopic (exact) mass is 669 g/mol. The summed E-state index contributed by atoms with van der Waals surface area (Å²) in [6, 6.07) is -0.452. The maximum atomic E-state index is 14.6. The molecule has 0 bridgehead atoms. The van der Waals surface area contributed by atoms with E-state index in [0.717, 1.165) is 12.1 Å². The van der Waals surface area contributed by atoms with Gasteiger partial charge in [0, 0.05) is 71.4 Å². The average Bonchev–Trinajstić information content (AvgIpc) is 3.38. The molecular formula is C35H55N7O6. The highest BCUT2D eigenvalue weighted by Crippen LogP contribution is 2.30. The number of amides is 3. The molecule has 2 aliphatic rings. The Hall–Kier alpha value is -3.74. The smallest absolute Gasteiger partial charge is 0.410 e. The summed E-state index contributed by atoms with van der Waals surface area (Å²) in [6.07, 6.45) is 2.83. The molecule has 0 radical (unpaired) electrons. The third kappa shape index (κ3) is 9.45. The van der Waals surface area contributed by atoms with Gasteiger partial charge in [0.2, 0.25) is 5.91 Å². The van der Waals surface area contributed by atoms with E-state index in [-0.39, 0.29) is 36.2 Å². The zero-order chi connectivity index (χ0) is 35.4. The number of ether oxygens (including phenoxy) is 2. The van der Waals surface area contributed by atoms with Crippen molar-refractivity contribution < 1.29 is 28.3 Å². The number of piperidine rings is 1. The first-order valence-corrected chi connectivity index (χ1v) is 17.1. The first-order chi connectivity index (χ1) is 22.5. The van der Waals surface area contributed by atoms with Gasteiger partial charge in [0.15, 0.2) is 5.89 Å². The van der Waals surface area contributed by atoms with Gasteiger partial charge in [-0.15, -0.1) is 0 Å². The molecule has 4 rings (SSSR count). The quantitative estimate of drug-likeness (QED) is 0.350. The Bertz CT molecular complexity index is 1440. The fourth-order valence-corrected chi connectivity index (χ4v) is 6.13. The van der Waals surface area contributed by atoms with Gasteiger partial charge in [-0.2, -0.15) is 0 Å². The number of carbonyl (C=O) groups excluding carboxylic acids is 3. The lowest BCUT2D eigenvalue weighted by molar-refractivity contribution is -0.139. The van der Waals surface area contributed by atoms with Gasteiger partial charge in [-0.3, -0.25) is 9.59 Å². The van der Waals surface area contributed by atoms with Gasteiger partial charge in [0.1, 0.15) is 28.6 Å². The lowest BCUT2D eigenvalue weighted by atomic mass is 9.90. The molecule has 266 valence electrons. The number of carbonyl (C=O) groups is 3. The molecule has 0 aliphatic carbocycles. The topological polar surface area (TPSA) is 143 Å². The van der Waals surface area contributed by atoms with Crippen LogP contribution in [0.15, 0.2) is 10.6 Å². The molecule has 2 aliphatic heterocycles. The zero-order valence-electron chi connectivity index (χ0n) is 30.5. The number of hydrogen-bond acceptors (Lipinski definition) is 10. The van der Waals surface area contributed by atoms with Gasteiger partial charge in [-0.1, -0.05) is 34.6 Å². The van der Waals surface area contributed by atoms with Crippen molar-refractivity contribution in [2.75, 3.05) is 51.8 Å². The lowest BCUT2D eigenvalue weighted by Gasteiger charge is -2.44. The Kier molecular flexibility index (Phi) is 11.8. The molecule has 1 N–H and O–H groups in total. The van der Waals surface area contributed by atoms with Crippen LogP contribution in [0.1, 0.15) is 102 Å². The van der Waals surface area contributed by atoms with Gasteiger partial charge < -0.3 is 33.9 Å². The summed E-state index contributed by atoms with van der Waals surface area (Å²) in [5.74, 6) is 1.60. The van der Waals surface area contributed by atoms with Crippen molar-refractivity contribution in [1.82, 2.24) is 29.7 Å². The van der Waals surface area contributed by atoms with Crippen LogP contribution in [0.4, 0.5) is 10.6 Å². The van der Waals surface area contributed by atoms with E-state index in [0.29, 0.717) is 74.5 Å². The Labute approximate surface area is 285 Å². The van der Waals surface area contributed by atoms with Crippen molar-refractivity contribution >= 4 is 23.7 Å². The van der Waals surface area contributed by atoms with E-state index in [9.17, 15) is 14.4 Å². The molecule has 2 atom stereocenters. The van der Waals surface area contributed by atoms with E-state index in [1.807, 2.05) is 55.4 Å². The first-order valence-electron chi connectivity index (χ1n) is 17.1. The van der Waals surface area contributed by atoms with Crippen molar-refractivity contribution in [3.8, 4) is 0 Å². The minimum absolute atomic E-state index is 0.0803. The summed E-state index contributed by atoms with van der Waals surface area (Å²) in [5.41, 5.74) is 0.183. The highest BCUT2D eigenvalue weighted by Gasteiger charge is 2.42. The average molecular weight is 670 g/mol. The van der Waals surface area contributed by atoms with E-state index in [1.165, 1.54) is 0 Å². The second-order valence-electron chi connectivity index (χ2n) is 15.4. The van der Waals surface area contributed by atoms with Crippen LogP contribution in [-0.4, -0.2) is 106 Å². The molecule has 13 nitrogen and oxygen atoms in total. The van der Waals surface area contributed by atoms with Crippen LogP contribution >= 0.6 is 0 Å². The molecule has 2 aromatic heterocycles. The Morgan fingerprint density at radius 1 is 1.10 bits per heavy atom. The minimum atomic E-state index is -0.722. The Morgan fingerprint density at radius 2 is 1.83 bits per heavy atom. The van der Waals surface area contributed by atoms with Crippen LogP contribution in [0.25, 0.3) is 0 Å². The number of aromatic nitrogens is 3. The van der Waals surface area contributed by atoms with Crippen molar-refractivity contribution in [3.05, 3.63) is 34.9 Å². The highest BCUT2D eigenvalue weighted by atomic mass is 16.6. The molecule has 1 fully saturated rings. The number of fused-ring (bicyclic) bond motifs is 1. The third-order valence-electron chi connectivity index (χ3n) is 8.35. The van der Waals surface area contributed by atoms with Crippen molar-refractivity contribution in [1.29, 1.82) is 0 Å². The number of methoxy groups -OCH3 is 1. The molecule has 4 heterocycles. The lowest BCUT2D eigenvalue weighted by Crippen LogP contribution is -2.58. The minimum Gasteiger partial charge on any atom is -0.444 e. The maximum Gasteiger partial charge on any atom is 0.410 e. The molecule has 48 heavy (non-hydrogen) atoms. The molecular weight excluding hydrogens is 614 g/mol. The highest BCUT2D eigenvalue weighted by molar-refractivity contribution is 5.98. The summed E-state index contributed by atoms with van der Waals surface area (Å²) in [7, 11) is 1.65. The van der Waals surface area contributed by atoms with E-state index < -0.39 is 23.7 Å². The van der Waals surface area contributed by atoms with Gasteiger partial charge in [0.05, 0.1) is 24.2 Å². The zero-order valence-corrected chi connectivity index (χ0v) is 30.5. The summed E-state index contributed by atoms with van der Waals surface area (Å²) in [6.45, 7) is 20.2. The summed E-state index contributed by atoms with van der Waals surface area (Å²) in [4.78, 5) is 61.3. The molecule has 0 aromatic carbocycles. The molecule has 1 saturated heterocycles. The third-order valence-corrected chi connectivity index (χ3v) is 8.35. The number of aryl methyl sites for hydroxylation is 1. The van der Waals surface area contributed by atoms with Crippen molar-refractivity contribution in [3.63, 3.8) is 0 Å². The van der Waals surface area contributed by atoms with Crippen molar-refractivity contribution in [2.24, 2.45) is 11.8 Å². The number of nitrogens with one attached hydrogen (secondary N) is 1. The van der Waals surface area contributed by atoms with Crippen LogP contribution in [0.2, 0.25) is 0 Å². The Morgan fingerprint density at radius 3 is 2.48 bits per heavy atom. The summed E-state index contributed by atoms with van der Waals surface area (Å²) >= 11 is 0. The summed E-state index contributed by atoms with van der Waals surface area (Å²) < 4.78 is 16.8. The normalized spacial score (nSPS) is 18.5. The standard InChI is InChI=1S/C35H55N7O6/c1-22(2)18-42(31(44)26-17-37-32(34(4,5)6)39-29(26)36-13-11-15-46-10)25-16-24(19-41(20-25)33(45)48-35(7,8)9)30(43)40-14-12-27-28(21-40)47-23(3)38-27/h17,22,24-25H,11-16,18-21H2,1-10H3,(H,36,37,39)/t24-,25+/m1/s1. The van der Waals surface area contributed by atoms with E-state index in [4.69, 9.17) is 18.9 Å². The Balaban J connectivity index is 1.68. The van der Waals surface area contributed by atoms with Gasteiger partial charge in [0.25, 0.3) is 5.91 Å². The van der Waals surface area contributed by atoms with Crippen LogP contribution in [0.3, 0.4) is 0 Å². The van der Waals surface area contributed by atoms with E-state index in [2.05, 4.69) is 15.3 Å². The number of likely N-dealkylation sites (tertiary alicyclic amines) is 1. The van der Waals surface area contributed by atoms with Crippen LogP contribution in [-0.2, 0) is 32.6 Å². The number of nitrogens with zero attached hydrogens (tertiary/aromatic N) is 6. The number of anilines is 1.